The van der Waals surface area contributed by atoms with Crippen molar-refractivity contribution < 1.29 is 17.9 Å². The van der Waals surface area contributed by atoms with Crippen molar-refractivity contribution in [3.63, 3.8) is 0 Å². The number of imidazole rings is 1. The van der Waals surface area contributed by atoms with Gasteiger partial charge in [0.05, 0.1) is 11.0 Å². The predicted octanol–water partition coefficient (Wildman–Crippen LogP) is 5.29. The van der Waals surface area contributed by atoms with Gasteiger partial charge >= 0.3 is 6.36 Å². The molecule has 0 bridgehead atoms. The Balaban J connectivity index is 1.71. The predicted molar refractivity (Wildman–Crippen MR) is 94.6 cm³/mol. The first-order chi connectivity index (χ1) is 12.4. The Labute approximate surface area is 153 Å². The Hall–Kier alpha value is -2.81. The van der Waals surface area contributed by atoms with Gasteiger partial charge in [-0.25, -0.2) is 9.97 Å². The molecule has 0 amide bonds. The van der Waals surface area contributed by atoms with E-state index in [1.54, 1.807) is 6.20 Å². The van der Waals surface area contributed by atoms with Gasteiger partial charge in [0.2, 0.25) is 0 Å². The van der Waals surface area contributed by atoms with E-state index in [0.717, 1.165) is 15.5 Å². The third-order valence-electron chi connectivity index (χ3n) is 3.63. The lowest BCUT2D eigenvalue weighted by molar-refractivity contribution is -0.274. The Morgan fingerprint density at radius 1 is 1.08 bits per heavy atom. The number of alkyl halides is 3. The Bertz CT molecular complexity index is 1090. The van der Waals surface area contributed by atoms with Crippen LogP contribution in [0.2, 0.25) is 0 Å². The lowest BCUT2D eigenvalue weighted by Crippen LogP contribution is -2.16. The van der Waals surface area contributed by atoms with Crippen LogP contribution in [0.25, 0.3) is 16.7 Å². The summed E-state index contributed by atoms with van der Waals surface area (Å²) in [5.41, 5.74) is 2.80. The maximum absolute atomic E-state index is 12.2. The maximum Gasteiger partial charge on any atom is 0.573 e. The summed E-state index contributed by atoms with van der Waals surface area (Å²) in [5, 5.41) is 3.09. The molecule has 2 aromatic carbocycles. The second-order valence-electron chi connectivity index (χ2n) is 5.41. The molecule has 4 aromatic rings. The summed E-state index contributed by atoms with van der Waals surface area (Å²) in [6.07, 6.45) is -1.24. The first-order valence-electron chi connectivity index (χ1n) is 7.44. The highest BCUT2D eigenvalue weighted by Gasteiger charge is 2.30. The van der Waals surface area contributed by atoms with Crippen LogP contribution in [0.1, 0.15) is 0 Å². The van der Waals surface area contributed by atoms with E-state index in [4.69, 9.17) is 0 Å². The van der Waals surface area contributed by atoms with Crippen LogP contribution in [-0.4, -0.2) is 20.7 Å². The summed E-state index contributed by atoms with van der Waals surface area (Å²) in [7, 11) is 0. The fraction of sp³-hybridized carbons (Fsp3) is 0.0588. The highest BCUT2D eigenvalue weighted by atomic mass is 79.9. The molecule has 0 fully saturated rings. The fourth-order valence-corrected chi connectivity index (χ4v) is 2.94. The van der Waals surface area contributed by atoms with E-state index >= 15 is 0 Å². The smallest absolute Gasteiger partial charge is 0.406 e. The number of benzene rings is 2. The van der Waals surface area contributed by atoms with Crippen LogP contribution < -0.4 is 10.1 Å². The van der Waals surface area contributed by atoms with Gasteiger partial charge in [-0.2, -0.15) is 0 Å². The second-order valence-corrected chi connectivity index (χ2v) is 6.33. The van der Waals surface area contributed by atoms with Gasteiger partial charge in [-0.3, -0.25) is 4.40 Å². The normalized spacial score (nSPS) is 11.8. The molecule has 0 saturated heterocycles. The molecule has 0 aliphatic heterocycles. The summed E-state index contributed by atoms with van der Waals surface area (Å²) >= 11 is 3.42. The number of aromatic nitrogens is 3. The van der Waals surface area contributed by atoms with Gasteiger partial charge in [-0.05, 0) is 42.5 Å². The van der Waals surface area contributed by atoms with Crippen LogP contribution in [0.4, 0.5) is 24.7 Å². The largest absolute Gasteiger partial charge is 0.573 e. The first kappa shape index (κ1) is 16.6. The number of hydrogen-bond acceptors (Lipinski definition) is 4. The highest BCUT2D eigenvalue weighted by molar-refractivity contribution is 9.10. The SMILES string of the molecule is FC(F)(F)Oc1ccc(Nc2nc3cc(Br)ccc3n3ccnc23)cc1. The van der Waals surface area contributed by atoms with Crippen molar-refractivity contribution in [2.75, 3.05) is 5.32 Å². The van der Waals surface area contributed by atoms with Gasteiger partial charge in [-0.15, -0.1) is 13.2 Å². The number of fused-ring (bicyclic) bond motifs is 3. The van der Waals surface area contributed by atoms with Crippen LogP contribution in [0.5, 0.6) is 5.75 Å². The van der Waals surface area contributed by atoms with E-state index in [1.807, 2.05) is 28.8 Å². The molecule has 2 heterocycles. The molecule has 1 N–H and O–H groups in total. The average Bonchev–Trinajstić information content (AvgIpc) is 3.05. The lowest BCUT2D eigenvalue weighted by Gasteiger charge is -2.11. The summed E-state index contributed by atoms with van der Waals surface area (Å²) in [4.78, 5) is 8.88. The number of halogens is 4. The molecule has 9 heteroatoms. The minimum absolute atomic E-state index is 0.288. The minimum atomic E-state index is -4.72. The molecule has 0 radical (unpaired) electrons. The molecule has 0 aliphatic rings. The maximum atomic E-state index is 12.2. The van der Waals surface area contributed by atoms with Gasteiger partial charge in [0.1, 0.15) is 5.75 Å². The van der Waals surface area contributed by atoms with Crippen molar-refractivity contribution in [1.82, 2.24) is 14.4 Å². The van der Waals surface area contributed by atoms with Crippen LogP contribution in [0.15, 0.2) is 59.3 Å². The van der Waals surface area contributed by atoms with E-state index in [-0.39, 0.29) is 5.75 Å². The molecule has 5 nitrogen and oxygen atoms in total. The zero-order valence-electron chi connectivity index (χ0n) is 13.0. The number of nitrogens with zero attached hydrogens (tertiary/aromatic N) is 3. The number of anilines is 2. The molecule has 2 aromatic heterocycles. The van der Waals surface area contributed by atoms with E-state index in [0.29, 0.717) is 17.2 Å². The van der Waals surface area contributed by atoms with Gasteiger partial charge in [-0.1, -0.05) is 15.9 Å². The monoisotopic (exact) mass is 422 g/mol. The standard InChI is InChI=1S/C17H10BrF3N4O/c18-10-1-6-14-13(9-10)24-15(16-22-7-8-25(14)16)23-11-2-4-12(5-3-11)26-17(19,20)21/h1-9H,(H,23,24). The topological polar surface area (TPSA) is 51.5 Å². The fourth-order valence-electron chi connectivity index (χ4n) is 2.59. The molecule has 0 atom stereocenters. The molecule has 132 valence electrons. The Morgan fingerprint density at radius 2 is 1.85 bits per heavy atom. The van der Waals surface area contributed by atoms with E-state index in [9.17, 15) is 13.2 Å². The van der Waals surface area contributed by atoms with E-state index < -0.39 is 6.36 Å². The van der Waals surface area contributed by atoms with Gasteiger partial charge in [0, 0.05) is 22.6 Å². The Kier molecular flexibility index (Phi) is 3.95. The average molecular weight is 423 g/mol. The number of nitrogens with one attached hydrogen (secondary N) is 1. The summed E-state index contributed by atoms with van der Waals surface area (Å²) in [5.74, 6) is 0.203. The number of rotatable bonds is 3. The van der Waals surface area contributed by atoms with Crippen molar-refractivity contribution in [1.29, 1.82) is 0 Å². The minimum Gasteiger partial charge on any atom is -0.406 e. The van der Waals surface area contributed by atoms with Crippen molar-refractivity contribution in [3.8, 4) is 5.75 Å². The molecule has 0 unspecified atom stereocenters. The zero-order chi connectivity index (χ0) is 18.3. The quantitative estimate of drug-likeness (QED) is 0.487. The molecule has 0 saturated carbocycles. The van der Waals surface area contributed by atoms with Gasteiger partial charge in [0.25, 0.3) is 0 Å². The van der Waals surface area contributed by atoms with Crippen LogP contribution in [0.3, 0.4) is 0 Å². The Morgan fingerprint density at radius 3 is 2.58 bits per heavy atom. The van der Waals surface area contributed by atoms with Crippen LogP contribution >= 0.6 is 15.9 Å². The van der Waals surface area contributed by atoms with E-state index in [1.165, 1.54) is 24.3 Å². The number of hydrogen-bond donors (Lipinski definition) is 1. The molecular formula is C17H10BrF3N4O. The highest BCUT2D eigenvalue weighted by Crippen LogP contribution is 2.28. The van der Waals surface area contributed by atoms with Gasteiger partial charge in [0.15, 0.2) is 11.5 Å². The lowest BCUT2D eigenvalue weighted by atomic mass is 10.3. The molecular weight excluding hydrogens is 413 g/mol. The van der Waals surface area contributed by atoms with Crippen molar-refractivity contribution in [3.05, 3.63) is 59.3 Å². The van der Waals surface area contributed by atoms with Gasteiger partial charge < -0.3 is 10.1 Å². The molecule has 4 rings (SSSR count). The molecule has 0 spiro atoms. The third-order valence-corrected chi connectivity index (χ3v) is 4.13. The second kappa shape index (κ2) is 6.17. The summed E-state index contributed by atoms with van der Waals surface area (Å²) in [6, 6.07) is 11.1. The van der Waals surface area contributed by atoms with Crippen molar-refractivity contribution in [2.45, 2.75) is 6.36 Å². The van der Waals surface area contributed by atoms with Crippen molar-refractivity contribution >= 4 is 44.1 Å². The third kappa shape index (κ3) is 3.30. The van der Waals surface area contributed by atoms with Crippen molar-refractivity contribution in [2.24, 2.45) is 0 Å². The molecule has 0 aliphatic carbocycles. The summed E-state index contributed by atoms with van der Waals surface area (Å²) in [6.45, 7) is 0. The van der Waals surface area contributed by atoms with Crippen LogP contribution in [-0.2, 0) is 0 Å². The van der Waals surface area contributed by atoms with E-state index in [2.05, 4.69) is 36.0 Å². The zero-order valence-corrected chi connectivity index (χ0v) is 14.5. The molecule has 26 heavy (non-hydrogen) atoms. The first-order valence-corrected chi connectivity index (χ1v) is 8.23. The number of ether oxygens (including phenoxy) is 1. The summed E-state index contributed by atoms with van der Waals surface area (Å²) < 4.78 is 43.4. The van der Waals surface area contributed by atoms with Crippen LogP contribution in [0, 0.1) is 0 Å².